The Bertz CT molecular complexity index is 1350. The van der Waals surface area contributed by atoms with Crippen molar-refractivity contribution in [3.63, 3.8) is 0 Å². The molecule has 1 aromatic rings. The van der Waals surface area contributed by atoms with Gasteiger partial charge >= 0.3 is 5.97 Å². The lowest BCUT2D eigenvalue weighted by molar-refractivity contribution is -0.294. The van der Waals surface area contributed by atoms with Gasteiger partial charge < -0.3 is 58.4 Å². The number of benzene rings is 1. The molecule has 10 atom stereocenters. The number of rotatable bonds is 18. The van der Waals surface area contributed by atoms with Gasteiger partial charge in [-0.05, 0) is 99.3 Å². The van der Waals surface area contributed by atoms with E-state index in [0.717, 1.165) is 0 Å². The number of aliphatic hydroxyl groups is 4. The molecular weight excluding hydrogens is 711 g/mol. The molecule has 2 heterocycles. The number of aldehydes is 1. The van der Waals surface area contributed by atoms with Crippen molar-refractivity contribution >= 4 is 12.3 Å². The summed E-state index contributed by atoms with van der Waals surface area (Å²) in [5, 5.41) is 45.0. The molecule has 310 valence electrons. The normalized spacial score (nSPS) is 30.1. The fourth-order valence-corrected chi connectivity index (χ4v) is 6.59. The van der Waals surface area contributed by atoms with Crippen LogP contribution < -0.4 is 4.94 Å². The van der Waals surface area contributed by atoms with E-state index in [1.54, 1.807) is 55.4 Å². The summed E-state index contributed by atoms with van der Waals surface area (Å²) in [5.41, 5.74) is -3.67. The lowest BCUT2D eigenvalue weighted by atomic mass is 9.85. The van der Waals surface area contributed by atoms with Crippen LogP contribution in [0.25, 0.3) is 0 Å². The molecule has 0 aliphatic carbocycles. The summed E-state index contributed by atoms with van der Waals surface area (Å²) in [5.74, 6) is -0.857. The summed E-state index contributed by atoms with van der Waals surface area (Å²) in [7, 11) is 0. The zero-order chi connectivity index (χ0) is 41.0. The Balaban J connectivity index is 1.75. The lowest BCUT2D eigenvalue weighted by Gasteiger charge is -2.49. The largest absolute Gasteiger partial charge is 0.459 e. The molecule has 4 N–H and O–H groups in total. The van der Waals surface area contributed by atoms with E-state index in [2.05, 4.69) is 4.94 Å². The molecule has 2 fully saturated rings. The molecule has 0 spiro atoms. The van der Waals surface area contributed by atoms with Crippen LogP contribution in [0.15, 0.2) is 24.3 Å². The Morgan fingerprint density at radius 3 is 1.89 bits per heavy atom. The summed E-state index contributed by atoms with van der Waals surface area (Å²) in [4.78, 5) is 29.4. The zero-order valence-corrected chi connectivity index (χ0v) is 33.7. The maximum atomic E-state index is 13.6. The van der Waals surface area contributed by atoms with E-state index in [1.165, 1.54) is 24.3 Å². The zero-order valence-electron chi connectivity index (χ0n) is 33.7. The van der Waals surface area contributed by atoms with Crippen LogP contribution in [0.4, 0.5) is 4.53 Å². The highest BCUT2D eigenvalue weighted by molar-refractivity contribution is 5.76. The third-order valence-electron chi connectivity index (χ3n) is 10.3. The molecule has 0 amide bonds. The molecule has 0 aromatic heterocycles. The predicted octanol–water partition coefficient (Wildman–Crippen LogP) is 3.54. The average molecular weight is 775 g/mol. The van der Waals surface area contributed by atoms with Crippen molar-refractivity contribution in [3.8, 4) is 5.75 Å². The molecule has 8 unspecified atom stereocenters. The summed E-state index contributed by atoms with van der Waals surface area (Å²) in [6.07, 6.45) is -13.1. The minimum Gasteiger partial charge on any atom is -0.459 e. The van der Waals surface area contributed by atoms with Crippen LogP contribution in [0.1, 0.15) is 95.1 Å². The highest BCUT2D eigenvalue weighted by Gasteiger charge is 2.56. The number of esters is 1. The molecule has 2 aliphatic heterocycles. The van der Waals surface area contributed by atoms with Gasteiger partial charge in [0.15, 0.2) is 18.1 Å². The molecule has 2 saturated heterocycles. The summed E-state index contributed by atoms with van der Waals surface area (Å²) < 4.78 is 54.8. The first kappa shape index (κ1) is 46.1. The van der Waals surface area contributed by atoms with E-state index in [4.69, 9.17) is 33.2 Å². The van der Waals surface area contributed by atoms with Crippen LogP contribution in [0.2, 0.25) is 0 Å². The Hall–Kier alpha value is -2.31. The summed E-state index contributed by atoms with van der Waals surface area (Å²) >= 11 is 0. The van der Waals surface area contributed by atoms with Crippen LogP contribution in [0, 0.1) is 5.92 Å². The third kappa shape index (κ3) is 11.4. The van der Waals surface area contributed by atoms with Crippen LogP contribution in [0.3, 0.4) is 0 Å². The van der Waals surface area contributed by atoms with Crippen molar-refractivity contribution in [3.05, 3.63) is 29.8 Å². The molecule has 54 heavy (non-hydrogen) atoms. The molecule has 0 bridgehead atoms. The second kappa shape index (κ2) is 18.3. The monoisotopic (exact) mass is 774 g/mol. The first-order valence-corrected chi connectivity index (χ1v) is 18.6. The van der Waals surface area contributed by atoms with E-state index in [0.29, 0.717) is 11.8 Å². The van der Waals surface area contributed by atoms with E-state index in [1.807, 2.05) is 27.7 Å². The molecule has 14 nitrogen and oxygen atoms in total. The number of hydrogen-bond donors (Lipinski definition) is 4. The van der Waals surface area contributed by atoms with Gasteiger partial charge in [0.1, 0.15) is 61.5 Å². The SMILES string of the molecule is CC(C)OC(C)(C)C1OC(C(=O)OCc2ccc(OF)cc2)[C@@H](OC(C)(C)CCOC(C)(C)C2OC(C=O)[C@@H](OC(C)(C)C(C)C)C(O)C2O)C(O)C1O. The second-order valence-electron chi connectivity index (χ2n) is 17.1. The topological polar surface area (TPSA) is 189 Å². The highest BCUT2D eigenvalue weighted by atomic mass is 19.3. The van der Waals surface area contributed by atoms with E-state index in [-0.39, 0.29) is 37.4 Å². The minimum absolute atomic E-state index is 0.00650. The smallest absolute Gasteiger partial charge is 0.338 e. The molecule has 15 heteroatoms. The Morgan fingerprint density at radius 2 is 1.37 bits per heavy atom. The Morgan fingerprint density at radius 1 is 0.815 bits per heavy atom. The van der Waals surface area contributed by atoms with Crippen molar-refractivity contribution in [1.29, 1.82) is 0 Å². The minimum atomic E-state index is -1.61. The van der Waals surface area contributed by atoms with Crippen molar-refractivity contribution in [2.75, 3.05) is 6.61 Å². The van der Waals surface area contributed by atoms with E-state index in [9.17, 15) is 34.5 Å². The molecule has 1 aromatic carbocycles. The van der Waals surface area contributed by atoms with Crippen LogP contribution in [0.5, 0.6) is 5.75 Å². The van der Waals surface area contributed by atoms with Crippen molar-refractivity contribution < 1.29 is 72.6 Å². The third-order valence-corrected chi connectivity index (χ3v) is 10.3. The number of aliphatic hydroxyl groups excluding tert-OH is 4. The number of ether oxygens (including phenoxy) is 7. The van der Waals surface area contributed by atoms with Crippen molar-refractivity contribution in [2.45, 2.75) is 186 Å². The fourth-order valence-electron chi connectivity index (χ4n) is 6.59. The molecule has 0 saturated carbocycles. The van der Waals surface area contributed by atoms with Crippen molar-refractivity contribution in [1.82, 2.24) is 0 Å². The predicted molar refractivity (Wildman–Crippen MR) is 193 cm³/mol. The molecule has 2 aliphatic rings. The molecular formula is C39H63FO14. The van der Waals surface area contributed by atoms with Gasteiger partial charge in [0.25, 0.3) is 0 Å². The van der Waals surface area contributed by atoms with Crippen LogP contribution in [-0.4, -0.2) is 129 Å². The van der Waals surface area contributed by atoms with Gasteiger partial charge in [-0.1, -0.05) is 26.0 Å². The molecule has 3 rings (SSSR count). The fraction of sp³-hybridized carbons (Fsp3) is 0.795. The summed E-state index contributed by atoms with van der Waals surface area (Å²) in [6, 6.07) is 5.76. The second-order valence-corrected chi connectivity index (χ2v) is 17.1. The summed E-state index contributed by atoms with van der Waals surface area (Å²) in [6.45, 7) is 21.0. The maximum absolute atomic E-state index is 13.6. The van der Waals surface area contributed by atoms with Crippen LogP contribution >= 0.6 is 0 Å². The quantitative estimate of drug-likeness (QED) is 0.125. The van der Waals surface area contributed by atoms with Crippen LogP contribution in [-0.2, 0) is 49.4 Å². The standard InChI is InChI=1S/C39H63FO14/c1-21(2)37(7,8)53-30-25(19-41)49-33(28(44)26(30)42)38(9,10)48-18-17-36(5,6)52-31-27(43)29(45)34(39(11,12)51-22(3)4)50-32(31)35(46)47-20-23-13-15-24(54-40)16-14-23/h13-16,19,21-22,25-34,42-45H,17-18,20H2,1-12H3/t25?,26?,27?,28?,29?,30-,31+,32?,33?,34?/m1/s1. The lowest BCUT2D eigenvalue weighted by Crippen LogP contribution is -2.67. The van der Waals surface area contributed by atoms with Gasteiger partial charge in [-0.3, -0.25) is 4.94 Å². The first-order valence-electron chi connectivity index (χ1n) is 18.6. The van der Waals surface area contributed by atoms with Crippen molar-refractivity contribution in [2.24, 2.45) is 5.92 Å². The number of halogens is 1. The number of carbonyl (C=O) groups is 2. The van der Waals surface area contributed by atoms with Gasteiger partial charge in [-0.15, -0.1) is 0 Å². The van der Waals surface area contributed by atoms with Gasteiger partial charge in [-0.2, -0.15) is 0 Å². The Labute approximate surface area is 318 Å². The van der Waals surface area contributed by atoms with E-state index >= 15 is 0 Å². The average Bonchev–Trinajstić information content (AvgIpc) is 3.07. The van der Waals surface area contributed by atoms with Gasteiger partial charge in [0.05, 0.1) is 35.1 Å². The number of carbonyl (C=O) groups excluding carboxylic acids is 2. The van der Waals surface area contributed by atoms with Gasteiger partial charge in [0, 0.05) is 4.53 Å². The van der Waals surface area contributed by atoms with Gasteiger partial charge in [-0.25, -0.2) is 4.79 Å². The maximum Gasteiger partial charge on any atom is 0.338 e. The van der Waals surface area contributed by atoms with E-state index < -0.39 is 89.4 Å². The highest BCUT2D eigenvalue weighted by Crippen LogP contribution is 2.37. The molecule has 0 radical (unpaired) electrons. The Kier molecular flexibility index (Phi) is 15.6. The first-order chi connectivity index (χ1) is 24.9. The van der Waals surface area contributed by atoms with Gasteiger partial charge in [0.2, 0.25) is 0 Å². The number of hydrogen-bond acceptors (Lipinski definition) is 14.